The van der Waals surface area contributed by atoms with E-state index in [0.29, 0.717) is 11.1 Å². The van der Waals surface area contributed by atoms with Gasteiger partial charge in [-0.25, -0.2) is 0 Å². The van der Waals surface area contributed by atoms with Crippen molar-refractivity contribution in [1.29, 1.82) is 0 Å². The zero-order chi connectivity index (χ0) is 32.7. The minimum atomic E-state index is -0.301. The number of benzene rings is 7. The molecule has 1 aliphatic carbocycles. The van der Waals surface area contributed by atoms with Crippen LogP contribution < -0.4 is 4.90 Å². The molecule has 0 spiro atoms. The molecule has 0 aromatic heterocycles. The number of hydrogen-bond acceptors (Lipinski definition) is 4. The van der Waals surface area contributed by atoms with Crippen LogP contribution in [0.2, 0.25) is 0 Å². The van der Waals surface area contributed by atoms with Crippen molar-refractivity contribution >= 4 is 78.8 Å². The van der Waals surface area contributed by atoms with Gasteiger partial charge in [0.25, 0.3) is 0 Å². The Morgan fingerprint density at radius 1 is 0.604 bits per heavy atom. The maximum Gasteiger partial charge on any atom is 0.197 e. The van der Waals surface area contributed by atoms with Crippen molar-refractivity contribution in [2.75, 3.05) is 11.2 Å². The Kier molecular flexibility index (Phi) is 6.31. The van der Waals surface area contributed by atoms with E-state index in [4.69, 9.17) is 0 Å². The predicted octanol–water partition coefficient (Wildman–Crippen LogP) is 11.4. The summed E-state index contributed by atoms with van der Waals surface area (Å²) in [5.74, 6) is -0.418. The predicted molar refractivity (Wildman–Crippen MR) is 201 cm³/mol. The van der Waals surface area contributed by atoms with Gasteiger partial charge in [-0.05, 0) is 122 Å². The van der Waals surface area contributed by atoms with Gasteiger partial charge in [-0.15, -0.1) is 11.8 Å². The molecule has 0 amide bonds. The van der Waals surface area contributed by atoms with Gasteiger partial charge in [0.05, 0.1) is 16.9 Å². The summed E-state index contributed by atoms with van der Waals surface area (Å²) in [5.41, 5.74) is 7.71. The Labute approximate surface area is 283 Å². The van der Waals surface area contributed by atoms with E-state index in [0.717, 1.165) is 38.5 Å². The summed E-state index contributed by atoms with van der Waals surface area (Å²) in [6.45, 7) is 4.64. The topological polar surface area (TPSA) is 37.4 Å². The third-order valence-corrected chi connectivity index (χ3v) is 10.9. The van der Waals surface area contributed by atoms with E-state index in [1.165, 1.54) is 32.5 Å². The summed E-state index contributed by atoms with van der Waals surface area (Å²) in [6, 6.07) is 44.3. The number of allylic oxidation sites excluding steroid dienone is 1. The lowest BCUT2D eigenvalue weighted by Gasteiger charge is -2.43. The van der Waals surface area contributed by atoms with Gasteiger partial charge < -0.3 is 4.90 Å². The first kappa shape index (κ1) is 28.7. The van der Waals surface area contributed by atoms with Crippen molar-refractivity contribution in [3.8, 4) is 0 Å². The van der Waals surface area contributed by atoms with Crippen LogP contribution in [0.3, 0.4) is 0 Å². The highest BCUT2D eigenvalue weighted by molar-refractivity contribution is 7.98. The first-order valence-corrected chi connectivity index (χ1v) is 17.4. The Balaban J connectivity index is 1.20. The van der Waals surface area contributed by atoms with E-state index >= 15 is 0 Å². The molecule has 1 heterocycles. The summed E-state index contributed by atoms with van der Waals surface area (Å²) in [6.07, 6.45) is 3.87. The zero-order valence-electron chi connectivity index (χ0n) is 26.9. The van der Waals surface area contributed by atoms with Crippen molar-refractivity contribution in [3.05, 3.63) is 161 Å². The third-order valence-electron chi connectivity index (χ3n) is 10.2. The van der Waals surface area contributed by atoms with Crippen molar-refractivity contribution < 1.29 is 9.59 Å². The Hall–Kier alpha value is -5.45. The van der Waals surface area contributed by atoms with Crippen molar-refractivity contribution in [1.82, 2.24) is 0 Å². The number of hydrogen-bond donors (Lipinski definition) is 0. The van der Waals surface area contributed by atoms with Crippen LogP contribution in [0.15, 0.2) is 138 Å². The number of rotatable bonds is 3. The molecule has 9 rings (SSSR count). The van der Waals surface area contributed by atoms with Gasteiger partial charge in [-0.2, -0.15) is 0 Å². The summed E-state index contributed by atoms with van der Waals surface area (Å²) in [7, 11) is 0. The number of carbonyl (C=O) groups excluding carboxylic acids is 2. The van der Waals surface area contributed by atoms with Crippen LogP contribution in [0.25, 0.3) is 38.4 Å². The second-order valence-electron chi connectivity index (χ2n) is 13.3. The van der Waals surface area contributed by atoms with Gasteiger partial charge in [-0.1, -0.05) is 80.6 Å². The van der Waals surface area contributed by atoms with Crippen LogP contribution in [0.1, 0.15) is 51.3 Å². The molecule has 4 heteroatoms. The van der Waals surface area contributed by atoms with E-state index in [1.807, 2.05) is 42.5 Å². The molecule has 2 aliphatic rings. The Morgan fingerprint density at radius 3 is 1.83 bits per heavy atom. The van der Waals surface area contributed by atoms with E-state index < -0.39 is 0 Å². The number of Topliss-reactive ketones (excluding diaryl/α,β-unsaturated/α-hetero) is 2. The third kappa shape index (κ3) is 4.22. The van der Waals surface area contributed by atoms with Crippen molar-refractivity contribution in [3.63, 3.8) is 0 Å². The molecular formula is C44H31NO2S. The molecule has 7 aromatic carbocycles. The average Bonchev–Trinajstić information content (AvgIpc) is 3.33. The number of ketones is 2. The lowest BCUT2D eigenvalue weighted by molar-refractivity contribution is 0.0990. The van der Waals surface area contributed by atoms with Crippen LogP contribution in [0.4, 0.5) is 17.1 Å². The minimum Gasteiger partial charge on any atom is -0.310 e. The maximum absolute atomic E-state index is 13.5. The quantitative estimate of drug-likeness (QED) is 0.110. The molecule has 7 aromatic rings. The highest BCUT2D eigenvalue weighted by Gasteiger charge is 2.39. The fraction of sp³-hybridized carbons (Fsp3) is 0.0909. The number of fused-ring (bicyclic) bond motifs is 7. The van der Waals surface area contributed by atoms with Gasteiger partial charge >= 0.3 is 0 Å². The Bertz CT molecular complexity index is 2500. The van der Waals surface area contributed by atoms with Crippen LogP contribution >= 0.6 is 11.8 Å². The SMILES string of the molecule is CSc1ccc(N2c3cc4ccccc4cc3C(C)(C)c3c2ccc2cc(C=C4C(=O)c5cc6ccccc6cc5C4=O)ccc32)cc1. The molecule has 0 radical (unpaired) electrons. The van der Waals surface area contributed by atoms with E-state index in [2.05, 4.69) is 110 Å². The fourth-order valence-corrected chi connectivity index (χ4v) is 8.17. The molecule has 0 saturated carbocycles. The molecule has 48 heavy (non-hydrogen) atoms. The van der Waals surface area contributed by atoms with Crippen LogP contribution in [0.5, 0.6) is 0 Å². The number of thioether (sulfide) groups is 1. The maximum atomic E-state index is 13.5. The standard InChI is InChI=1S/C44H31NO2S/c1-44(2)38-24-29-10-6-7-11-30(29)25-40(38)45(32-14-16-33(48-3)17-15-32)39-19-13-31-20-26(12-18-34(31)41(39)44)21-37-42(46)35-22-27-8-4-5-9-28(27)23-36(35)43(37)47/h4-25H,1-3H3. The summed E-state index contributed by atoms with van der Waals surface area (Å²) >= 11 is 1.74. The van der Waals surface area contributed by atoms with Gasteiger partial charge in [0.2, 0.25) is 0 Å². The van der Waals surface area contributed by atoms with Crippen LogP contribution in [-0.2, 0) is 5.41 Å². The monoisotopic (exact) mass is 637 g/mol. The second-order valence-corrected chi connectivity index (χ2v) is 14.2. The normalized spacial score (nSPS) is 14.8. The molecule has 0 fully saturated rings. The van der Waals surface area contributed by atoms with E-state index in [9.17, 15) is 9.59 Å². The molecule has 0 atom stereocenters. The lowest BCUT2D eigenvalue weighted by atomic mass is 9.71. The van der Waals surface area contributed by atoms with Gasteiger partial charge in [0.15, 0.2) is 11.6 Å². The number of carbonyl (C=O) groups is 2. The summed E-state index contributed by atoms with van der Waals surface area (Å²) < 4.78 is 0. The first-order valence-electron chi connectivity index (χ1n) is 16.2. The highest BCUT2D eigenvalue weighted by atomic mass is 32.2. The second kappa shape index (κ2) is 10.5. The summed E-state index contributed by atoms with van der Waals surface area (Å²) in [4.78, 5) is 30.7. The average molecular weight is 638 g/mol. The molecule has 0 saturated heterocycles. The fourth-order valence-electron chi connectivity index (χ4n) is 7.76. The smallest absolute Gasteiger partial charge is 0.197 e. The van der Waals surface area contributed by atoms with Gasteiger partial charge in [-0.3, -0.25) is 9.59 Å². The molecule has 0 N–H and O–H groups in total. The molecule has 230 valence electrons. The minimum absolute atomic E-state index is 0.209. The molecule has 0 bridgehead atoms. The summed E-state index contributed by atoms with van der Waals surface area (Å²) in [5, 5.41) is 6.58. The largest absolute Gasteiger partial charge is 0.310 e. The first-order chi connectivity index (χ1) is 23.3. The molecule has 1 aliphatic heterocycles. The lowest BCUT2D eigenvalue weighted by Crippen LogP contribution is -2.31. The highest BCUT2D eigenvalue weighted by Crippen LogP contribution is 2.55. The van der Waals surface area contributed by atoms with Crippen molar-refractivity contribution in [2.24, 2.45) is 0 Å². The zero-order valence-corrected chi connectivity index (χ0v) is 27.7. The van der Waals surface area contributed by atoms with E-state index in [1.54, 1.807) is 17.8 Å². The number of nitrogens with zero attached hydrogens (tertiary/aromatic N) is 1. The van der Waals surface area contributed by atoms with Gasteiger partial charge in [0, 0.05) is 27.1 Å². The van der Waals surface area contributed by atoms with Gasteiger partial charge in [0.1, 0.15) is 0 Å². The van der Waals surface area contributed by atoms with Crippen molar-refractivity contribution in [2.45, 2.75) is 24.2 Å². The van der Waals surface area contributed by atoms with E-state index in [-0.39, 0.29) is 22.6 Å². The molecular weight excluding hydrogens is 607 g/mol. The molecule has 3 nitrogen and oxygen atoms in total. The van der Waals surface area contributed by atoms with Crippen LogP contribution in [0, 0.1) is 0 Å². The molecule has 0 unspecified atom stereocenters. The van der Waals surface area contributed by atoms with Crippen LogP contribution in [-0.4, -0.2) is 17.8 Å². The number of anilines is 3. The Morgan fingerprint density at radius 2 is 1.21 bits per heavy atom.